The van der Waals surface area contributed by atoms with Gasteiger partial charge in [-0.25, -0.2) is 9.67 Å². The highest BCUT2D eigenvalue weighted by molar-refractivity contribution is 5.93. The fraction of sp³-hybridized carbons (Fsp3) is 0.450. The van der Waals surface area contributed by atoms with Crippen LogP contribution < -0.4 is 5.32 Å². The summed E-state index contributed by atoms with van der Waals surface area (Å²) in [5.74, 6) is 0.787. The molecule has 3 aromatic rings. The number of aromatic nitrogens is 3. The second-order valence-corrected chi connectivity index (χ2v) is 7.03. The van der Waals surface area contributed by atoms with Gasteiger partial charge in [-0.15, -0.1) is 0 Å². The van der Waals surface area contributed by atoms with E-state index in [1.165, 1.54) is 25.7 Å². The van der Waals surface area contributed by atoms with Gasteiger partial charge in [-0.2, -0.15) is 5.10 Å². The summed E-state index contributed by atoms with van der Waals surface area (Å²) in [6.07, 6.45) is 10.5. The third-order valence-corrected chi connectivity index (χ3v) is 5.11. The first-order valence-electron chi connectivity index (χ1n) is 9.38. The van der Waals surface area contributed by atoms with Gasteiger partial charge in [0, 0.05) is 17.8 Å². The predicted molar refractivity (Wildman–Crippen MR) is 99.6 cm³/mol. The van der Waals surface area contributed by atoms with Gasteiger partial charge in [0.05, 0.1) is 17.3 Å². The number of fused-ring (bicyclic) bond motifs is 1. The molecule has 0 unspecified atom stereocenters. The van der Waals surface area contributed by atoms with Gasteiger partial charge >= 0.3 is 0 Å². The summed E-state index contributed by atoms with van der Waals surface area (Å²) in [6.45, 7) is 2.13. The number of hydrogen-bond donors (Lipinski definition) is 1. The Morgan fingerprint density at radius 1 is 1.27 bits per heavy atom. The fourth-order valence-corrected chi connectivity index (χ4v) is 3.86. The zero-order valence-corrected chi connectivity index (χ0v) is 15.1. The second kappa shape index (κ2) is 7.32. The van der Waals surface area contributed by atoms with Crippen LogP contribution in [-0.4, -0.2) is 26.7 Å². The average molecular weight is 352 g/mol. The number of carbonyl (C=O) groups excluding carboxylic acids is 1. The van der Waals surface area contributed by atoms with E-state index in [2.05, 4.69) is 15.4 Å². The second-order valence-electron chi connectivity index (χ2n) is 7.03. The summed E-state index contributed by atoms with van der Waals surface area (Å²) in [5.41, 5.74) is 2.52. The lowest BCUT2D eigenvalue weighted by molar-refractivity contribution is -0.122. The normalized spacial score (nSPS) is 15.9. The van der Waals surface area contributed by atoms with Gasteiger partial charge in [0.1, 0.15) is 12.3 Å². The Morgan fingerprint density at radius 2 is 2.08 bits per heavy atom. The van der Waals surface area contributed by atoms with E-state index < -0.39 is 0 Å². The Bertz CT molecular complexity index is 890. The van der Waals surface area contributed by atoms with E-state index in [9.17, 15) is 4.79 Å². The maximum Gasteiger partial charge on any atom is 0.242 e. The third kappa shape index (κ3) is 3.36. The molecule has 4 rings (SSSR count). The van der Waals surface area contributed by atoms with E-state index in [0.717, 1.165) is 35.2 Å². The molecular formula is C20H24N4O2. The monoisotopic (exact) mass is 352 g/mol. The van der Waals surface area contributed by atoms with Crippen molar-refractivity contribution in [3.05, 3.63) is 36.4 Å². The molecule has 0 radical (unpaired) electrons. The summed E-state index contributed by atoms with van der Waals surface area (Å²) in [5, 5.41) is 8.68. The number of amides is 1. The minimum atomic E-state index is 0.00602. The van der Waals surface area contributed by atoms with Crippen LogP contribution in [0.5, 0.6) is 0 Å². The van der Waals surface area contributed by atoms with E-state index in [0.29, 0.717) is 11.7 Å². The van der Waals surface area contributed by atoms with Crippen molar-refractivity contribution in [3.8, 4) is 11.3 Å². The first kappa shape index (κ1) is 16.8. The van der Waals surface area contributed by atoms with Crippen molar-refractivity contribution >= 4 is 16.9 Å². The molecule has 1 aliphatic carbocycles. The van der Waals surface area contributed by atoms with Crippen LogP contribution in [0.4, 0.5) is 0 Å². The Hall–Kier alpha value is -2.63. The smallest absolute Gasteiger partial charge is 0.242 e. The minimum Gasteiger partial charge on any atom is -0.464 e. The maximum absolute atomic E-state index is 12.5. The average Bonchev–Trinajstić information content (AvgIpc) is 3.19. The Morgan fingerprint density at radius 3 is 2.81 bits per heavy atom. The summed E-state index contributed by atoms with van der Waals surface area (Å²) in [4.78, 5) is 17.0. The van der Waals surface area contributed by atoms with Crippen molar-refractivity contribution in [2.24, 2.45) is 0 Å². The van der Waals surface area contributed by atoms with Crippen LogP contribution in [0.15, 0.2) is 35.1 Å². The van der Waals surface area contributed by atoms with Gasteiger partial charge in [-0.05, 0) is 38.0 Å². The van der Waals surface area contributed by atoms with Gasteiger partial charge < -0.3 is 9.73 Å². The Labute approximate surface area is 152 Å². The summed E-state index contributed by atoms with van der Waals surface area (Å²) in [6, 6.07) is 6.00. The zero-order valence-electron chi connectivity index (χ0n) is 15.1. The molecule has 0 aromatic carbocycles. The number of carbonyl (C=O) groups is 1. The lowest BCUT2D eigenvalue weighted by atomic mass is 10.1. The topological polar surface area (TPSA) is 73.0 Å². The molecule has 0 atom stereocenters. The number of pyridine rings is 1. The van der Waals surface area contributed by atoms with Gasteiger partial charge in [0.2, 0.25) is 5.91 Å². The highest BCUT2D eigenvalue weighted by Crippen LogP contribution is 2.30. The van der Waals surface area contributed by atoms with Crippen molar-refractivity contribution in [3.63, 3.8) is 0 Å². The van der Waals surface area contributed by atoms with Gasteiger partial charge in [-0.1, -0.05) is 25.7 Å². The molecule has 6 heteroatoms. The van der Waals surface area contributed by atoms with Crippen molar-refractivity contribution in [1.82, 2.24) is 20.1 Å². The predicted octanol–water partition coefficient (Wildman–Crippen LogP) is 3.84. The van der Waals surface area contributed by atoms with Crippen LogP contribution in [-0.2, 0) is 11.3 Å². The summed E-state index contributed by atoms with van der Waals surface area (Å²) in [7, 11) is 0. The molecule has 1 amide bonds. The van der Waals surface area contributed by atoms with E-state index in [4.69, 9.17) is 4.42 Å². The lowest BCUT2D eigenvalue weighted by Crippen LogP contribution is -2.36. The highest BCUT2D eigenvalue weighted by Gasteiger charge is 2.19. The number of rotatable bonds is 4. The summed E-state index contributed by atoms with van der Waals surface area (Å²) >= 11 is 0. The van der Waals surface area contributed by atoms with Gasteiger partial charge in [-0.3, -0.25) is 4.79 Å². The molecule has 0 saturated heterocycles. The lowest BCUT2D eigenvalue weighted by Gasteiger charge is -2.16. The zero-order chi connectivity index (χ0) is 17.9. The number of nitrogens with zero attached hydrogens (tertiary/aromatic N) is 3. The largest absolute Gasteiger partial charge is 0.464 e. The van der Waals surface area contributed by atoms with Crippen LogP contribution in [0.25, 0.3) is 22.4 Å². The van der Waals surface area contributed by atoms with Crippen LogP contribution in [0.1, 0.15) is 44.2 Å². The van der Waals surface area contributed by atoms with E-state index >= 15 is 0 Å². The number of aryl methyl sites for hydroxylation is 1. The number of furan rings is 1. The molecular weight excluding hydrogens is 328 g/mol. The van der Waals surface area contributed by atoms with Crippen LogP contribution in [0.2, 0.25) is 0 Å². The van der Waals surface area contributed by atoms with Crippen LogP contribution >= 0.6 is 0 Å². The molecule has 1 N–H and O–H groups in total. The quantitative estimate of drug-likeness (QED) is 0.724. The Kier molecular flexibility index (Phi) is 4.73. The third-order valence-electron chi connectivity index (χ3n) is 5.11. The molecule has 0 spiro atoms. The molecule has 136 valence electrons. The molecule has 6 nitrogen and oxygen atoms in total. The number of nitrogens with one attached hydrogen (secondary N) is 1. The van der Waals surface area contributed by atoms with Crippen LogP contribution in [0.3, 0.4) is 0 Å². The first-order valence-corrected chi connectivity index (χ1v) is 9.38. The molecule has 1 aliphatic rings. The van der Waals surface area contributed by atoms with E-state index in [1.807, 2.05) is 25.1 Å². The van der Waals surface area contributed by atoms with Crippen LogP contribution in [0, 0.1) is 6.92 Å². The SMILES string of the molecule is Cc1nn(CC(=O)NC2CCCCCC2)c2nccc(-c3ccco3)c12. The summed E-state index contributed by atoms with van der Waals surface area (Å²) < 4.78 is 7.24. The van der Waals surface area contributed by atoms with E-state index in [1.54, 1.807) is 17.1 Å². The molecule has 1 saturated carbocycles. The molecule has 0 bridgehead atoms. The highest BCUT2D eigenvalue weighted by atomic mass is 16.3. The van der Waals surface area contributed by atoms with E-state index in [-0.39, 0.29) is 12.5 Å². The van der Waals surface area contributed by atoms with Crippen molar-refractivity contribution in [2.45, 2.75) is 58.0 Å². The molecule has 3 heterocycles. The minimum absolute atomic E-state index is 0.00602. The molecule has 0 aliphatic heterocycles. The molecule has 1 fully saturated rings. The van der Waals surface area contributed by atoms with Gasteiger partial charge in [0.25, 0.3) is 0 Å². The van der Waals surface area contributed by atoms with Crippen molar-refractivity contribution in [1.29, 1.82) is 0 Å². The van der Waals surface area contributed by atoms with Crippen molar-refractivity contribution < 1.29 is 9.21 Å². The number of hydrogen-bond acceptors (Lipinski definition) is 4. The molecule has 26 heavy (non-hydrogen) atoms. The first-order chi connectivity index (χ1) is 12.7. The molecule has 3 aromatic heterocycles. The maximum atomic E-state index is 12.5. The Balaban J connectivity index is 1.57. The standard InChI is InChI=1S/C20H24N4O2/c1-14-19-16(17-9-6-12-26-17)10-11-21-20(19)24(23-14)13-18(25)22-15-7-4-2-3-5-8-15/h6,9-12,15H,2-5,7-8,13H2,1H3,(H,22,25). The van der Waals surface area contributed by atoms with Gasteiger partial charge in [0.15, 0.2) is 5.65 Å². The fourth-order valence-electron chi connectivity index (χ4n) is 3.86. The van der Waals surface area contributed by atoms with Crippen molar-refractivity contribution in [2.75, 3.05) is 0 Å².